The molecule has 0 radical (unpaired) electrons. The van der Waals surface area contributed by atoms with Crippen LogP contribution >= 0.6 is 0 Å². The van der Waals surface area contributed by atoms with Gasteiger partial charge in [0, 0.05) is 6.42 Å². The molecular formula is C73H121NO3. The van der Waals surface area contributed by atoms with Crippen molar-refractivity contribution in [2.75, 3.05) is 6.61 Å². The molecule has 4 heteroatoms. The molecule has 0 fully saturated rings. The van der Waals surface area contributed by atoms with Gasteiger partial charge in [0.25, 0.3) is 0 Å². The second-order valence-corrected chi connectivity index (χ2v) is 21.1. The van der Waals surface area contributed by atoms with E-state index in [1.807, 2.05) is 6.08 Å². The van der Waals surface area contributed by atoms with E-state index >= 15 is 0 Å². The van der Waals surface area contributed by atoms with E-state index in [9.17, 15) is 15.0 Å². The average Bonchev–Trinajstić information content (AvgIpc) is 3.43. The summed E-state index contributed by atoms with van der Waals surface area (Å²) < 4.78 is 0. The van der Waals surface area contributed by atoms with Gasteiger partial charge in [0.15, 0.2) is 0 Å². The zero-order chi connectivity index (χ0) is 55.5. The van der Waals surface area contributed by atoms with Crippen molar-refractivity contribution < 1.29 is 15.0 Å². The van der Waals surface area contributed by atoms with Crippen molar-refractivity contribution in [2.24, 2.45) is 0 Å². The molecular weight excluding hydrogens is 939 g/mol. The maximum atomic E-state index is 12.5. The van der Waals surface area contributed by atoms with Gasteiger partial charge in [-0.3, -0.25) is 4.79 Å². The number of hydrogen-bond donors (Lipinski definition) is 3. The standard InChI is InChI=1S/C73H121NO3/c1-3-5-7-9-11-13-15-17-19-21-23-25-27-29-31-32-33-34-35-36-37-38-39-40-41-42-43-45-47-49-51-53-55-57-59-61-63-65-67-69-73(77)74-71(70-75)72(76)68-66-64-62-60-58-56-54-52-50-48-46-44-30-28-26-24-22-20-18-16-14-12-10-8-6-4-2/h5,7,11,13,17,19,23,25,29,31,33-34,36-37,39-40,42-43,47,49-50,52,58,60,66,68,71-72,75-76H,3-4,6,8-10,12,14-16,18,20-22,24,26-28,30,32,35,38,41,44-46,48,51,53-57,59,61-65,67,69-70H2,1-2H3,(H,74,77)/b7-5-,13-11-,19-17-,25-23-,31-29-,34-33-,37-36-,40-39-,43-42-,49-47-,52-50+,60-58+,68-66+. The van der Waals surface area contributed by atoms with Crippen LogP contribution in [0.25, 0.3) is 0 Å². The van der Waals surface area contributed by atoms with Crippen molar-refractivity contribution in [3.63, 3.8) is 0 Å². The molecule has 0 aliphatic heterocycles. The monoisotopic (exact) mass is 1060 g/mol. The molecule has 0 aromatic carbocycles. The number of amides is 1. The smallest absolute Gasteiger partial charge is 0.220 e. The van der Waals surface area contributed by atoms with Gasteiger partial charge in [-0.25, -0.2) is 0 Å². The van der Waals surface area contributed by atoms with Gasteiger partial charge in [-0.1, -0.05) is 307 Å². The molecule has 0 aromatic rings. The van der Waals surface area contributed by atoms with E-state index in [1.165, 1.54) is 141 Å². The second kappa shape index (κ2) is 66.3. The van der Waals surface area contributed by atoms with Gasteiger partial charge in [-0.2, -0.15) is 0 Å². The minimum Gasteiger partial charge on any atom is -0.394 e. The van der Waals surface area contributed by atoms with Crippen LogP contribution in [0.15, 0.2) is 158 Å². The molecule has 77 heavy (non-hydrogen) atoms. The molecule has 0 bridgehead atoms. The lowest BCUT2D eigenvalue weighted by Gasteiger charge is -2.19. The van der Waals surface area contributed by atoms with Crippen LogP contribution in [0.4, 0.5) is 0 Å². The molecule has 0 spiro atoms. The zero-order valence-electron chi connectivity index (χ0n) is 50.2. The van der Waals surface area contributed by atoms with E-state index in [1.54, 1.807) is 6.08 Å². The number of aliphatic hydroxyl groups is 2. The maximum Gasteiger partial charge on any atom is 0.220 e. The van der Waals surface area contributed by atoms with Crippen LogP contribution in [0, 0.1) is 0 Å². The minimum absolute atomic E-state index is 0.0914. The highest BCUT2D eigenvalue weighted by atomic mass is 16.3. The summed E-state index contributed by atoms with van der Waals surface area (Å²) in [5.41, 5.74) is 0. The molecule has 0 heterocycles. The van der Waals surface area contributed by atoms with Crippen molar-refractivity contribution in [2.45, 2.75) is 289 Å². The molecule has 0 rings (SSSR count). The first-order valence-electron chi connectivity index (χ1n) is 32.2. The van der Waals surface area contributed by atoms with Crippen LogP contribution in [0.5, 0.6) is 0 Å². The van der Waals surface area contributed by atoms with Gasteiger partial charge in [0.05, 0.1) is 18.8 Å². The Morgan fingerprint density at radius 2 is 0.584 bits per heavy atom. The Balaban J connectivity index is 3.66. The van der Waals surface area contributed by atoms with Crippen molar-refractivity contribution in [3.8, 4) is 0 Å². The number of hydrogen-bond acceptors (Lipinski definition) is 3. The molecule has 0 aliphatic carbocycles. The highest BCUT2D eigenvalue weighted by Gasteiger charge is 2.18. The molecule has 0 saturated carbocycles. The lowest BCUT2D eigenvalue weighted by atomic mass is 10.0. The van der Waals surface area contributed by atoms with Crippen LogP contribution < -0.4 is 5.32 Å². The van der Waals surface area contributed by atoms with Crippen molar-refractivity contribution in [3.05, 3.63) is 158 Å². The van der Waals surface area contributed by atoms with Crippen LogP contribution in [0.1, 0.15) is 277 Å². The summed E-state index contributed by atoms with van der Waals surface area (Å²) in [5, 5.41) is 23.2. The Morgan fingerprint density at radius 3 is 0.909 bits per heavy atom. The zero-order valence-corrected chi connectivity index (χ0v) is 50.2. The SMILES string of the molecule is CC/C=C\C/C=C\C/C=C\C/C=C\C/C=C\C/C=C\C/C=C\C/C=C\C/C=C\C/C=C\CCCCCCCCCCC(=O)NC(CO)C(O)/C=C/CC/C=C/CC/C=C/CCCCCCCCCCCCCCCCCC. The number of aliphatic hydroxyl groups excluding tert-OH is 2. The molecule has 2 atom stereocenters. The third-order valence-electron chi connectivity index (χ3n) is 13.7. The first-order chi connectivity index (χ1) is 38.2. The van der Waals surface area contributed by atoms with E-state index in [0.717, 1.165) is 116 Å². The maximum absolute atomic E-state index is 12.5. The van der Waals surface area contributed by atoms with Gasteiger partial charge < -0.3 is 15.5 Å². The van der Waals surface area contributed by atoms with Gasteiger partial charge in [-0.15, -0.1) is 0 Å². The molecule has 436 valence electrons. The Labute approximate surface area is 477 Å². The van der Waals surface area contributed by atoms with Gasteiger partial charge >= 0.3 is 0 Å². The van der Waals surface area contributed by atoms with Crippen LogP contribution in [0.3, 0.4) is 0 Å². The van der Waals surface area contributed by atoms with E-state index in [-0.39, 0.29) is 12.5 Å². The van der Waals surface area contributed by atoms with Gasteiger partial charge in [0.1, 0.15) is 0 Å². The fourth-order valence-electron chi connectivity index (χ4n) is 8.89. The Bertz CT molecular complexity index is 1630. The van der Waals surface area contributed by atoms with E-state index in [4.69, 9.17) is 0 Å². The summed E-state index contributed by atoms with van der Waals surface area (Å²) in [6.07, 6.45) is 106. The fraction of sp³-hybridized carbons (Fsp3) is 0.630. The lowest BCUT2D eigenvalue weighted by molar-refractivity contribution is -0.123. The van der Waals surface area contributed by atoms with E-state index < -0.39 is 12.1 Å². The minimum atomic E-state index is -0.887. The first-order valence-corrected chi connectivity index (χ1v) is 32.2. The Hall–Kier alpha value is -3.99. The molecule has 0 aromatic heterocycles. The van der Waals surface area contributed by atoms with Crippen LogP contribution in [-0.4, -0.2) is 34.9 Å². The van der Waals surface area contributed by atoms with Crippen molar-refractivity contribution >= 4 is 5.91 Å². The van der Waals surface area contributed by atoms with Crippen molar-refractivity contribution in [1.82, 2.24) is 5.32 Å². The topological polar surface area (TPSA) is 69.6 Å². The number of unbranched alkanes of at least 4 members (excludes halogenated alkanes) is 26. The Morgan fingerprint density at radius 1 is 0.325 bits per heavy atom. The average molecular weight is 1060 g/mol. The first kappa shape index (κ1) is 73.0. The van der Waals surface area contributed by atoms with Crippen LogP contribution in [-0.2, 0) is 4.79 Å². The summed E-state index contributed by atoms with van der Waals surface area (Å²) in [7, 11) is 0. The van der Waals surface area contributed by atoms with E-state index in [0.29, 0.717) is 6.42 Å². The van der Waals surface area contributed by atoms with Gasteiger partial charge in [-0.05, 0) is 122 Å². The number of carbonyl (C=O) groups is 1. The molecule has 3 N–H and O–H groups in total. The largest absolute Gasteiger partial charge is 0.394 e. The predicted molar refractivity (Wildman–Crippen MR) is 344 cm³/mol. The summed E-state index contributed by atoms with van der Waals surface area (Å²) in [4.78, 5) is 12.5. The molecule has 4 nitrogen and oxygen atoms in total. The number of rotatable bonds is 57. The van der Waals surface area contributed by atoms with Crippen molar-refractivity contribution in [1.29, 1.82) is 0 Å². The molecule has 0 saturated heterocycles. The predicted octanol–water partition coefficient (Wildman–Crippen LogP) is 22.1. The third kappa shape index (κ3) is 62.7. The number of nitrogens with one attached hydrogen (secondary N) is 1. The lowest BCUT2D eigenvalue weighted by Crippen LogP contribution is -2.45. The number of allylic oxidation sites excluding steroid dienone is 25. The highest BCUT2D eigenvalue weighted by molar-refractivity contribution is 5.76. The Kier molecular flexibility index (Phi) is 62.9. The summed E-state index contributed by atoms with van der Waals surface area (Å²) >= 11 is 0. The summed E-state index contributed by atoms with van der Waals surface area (Å²) in [5.74, 6) is -0.0914. The summed E-state index contributed by atoms with van der Waals surface area (Å²) in [6.45, 7) is 4.18. The second-order valence-electron chi connectivity index (χ2n) is 21.1. The summed E-state index contributed by atoms with van der Waals surface area (Å²) in [6, 6.07) is -0.663. The third-order valence-corrected chi connectivity index (χ3v) is 13.7. The molecule has 1 amide bonds. The highest BCUT2D eigenvalue weighted by Crippen LogP contribution is 2.15. The molecule has 0 aliphatic rings. The van der Waals surface area contributed by atoms with Gasteiger partial charge in [0.2, 0.25) is 5.91 Å². The quantitative estimate of drug-likeness (QED) is 0.0420. The van der Waals surface area contributed by atoms with E-state index in [2.05, 4.69) is 165 Å². The normalized spacial score (nSPS) is 13.9. The van der Waals surface area contributed by atoms with Crippen LogP contribution in [0.2, 0.25) is 0 Å². The number of carbonyl (C=O) groups excluding carboxylic acids is 1. The molecule has 2 unspecified atom stereocenters. The fourth-order valence-corrected chi connectivity index (χ4v) is 8.89.